The molecule has 2 aromatic heterocycles. The maximum Gasteiger partial charge on any atom is 0.350 e. The minimum absolute atomic E-state index is 0.0899. The van der Waals surface area contributed by atoms with Crippen molar-refractivity contribution < 1.29 is 56.9 Å². The van der Waals surface area contributed by atoms with Crippen LogP contribution in [0.2, 0.25) is 0 Å². The molecule has 0 aliphatic carbocycles. The number of carbonyl (C=O) groups excluding carboxylic acids is 3. The zero-order valence-corrected chi connectivity index (χ0v) is 21.7. The van der Waals surface area contributed by atoms with Crippen LogP contribution in [0.1, 0.15) is 27.6 Å². The van der Waals surface area contributed by atoms with E-state index in [2.05, 4.69) is 20.3 Å². The van der Waals surface area contributed by atoms with Crippen LogP contribution in [0.5, 0.6) is 0 Å². The number of carboxylic acids is 2. The van der Waals surface area contributed by atoms with Crippen LogP contribution in [0.25, 0.3) is 0 Å². The van der Waals surface area contributed by atoms with Gasteiger partial charge in [0.15, 0.2) is 29.8 Å². The Morgan fingerprint density at radius 2 is 2.08 bits per heavy atom. The van der Waals surface area contributed by atoms with Gasteiger partial charge >= 0.3 is 5.97 Å². The Labute approximate surface area is 243 Å². The first-order valence-electron chi connectivity index (χ1n) is 13.8. The predicted octanol–water partition coefficient (Wildman–Crippen LogP) is -1.60. The van der Waals surface area contributed by atoms with Crippen molar-refractivity contribution in [2.45, 2.75) is 37.3 Å². The number of nitrogens with one attached hydrogen (secondary N) is 1. The molecule has 0 radical (unpaired) electrons. The number of amides is 2. The van der Waals surface area contributed by atoms with E-state index >= 15 is 0 Å². The Bertz CT molecular complexity index is 1570. The summed E-state index contributed by atoms with van der Waals surface area (Å²) in [4.78, 5) is 68.3. The highest BCUT2D eigenvalue weighted by Crippen LogP contribution is 2.40. The predicted molar refractivity (Wildman–Crippen MR) is 138 cm³/mol. The number of nitrogen functional groups attached to an aromatic ring is 1. The Hall–Kier alpha value is -4.51. The van der Waals surface area contributed by atoms with Gasteiger partial charge in [0.25, 0.3) is 18.3 Å². The van der Waals surface area contributed by atoms with Gasteiger partial charge in [-0.1, -0.05) is 11.2 Å². The number of hydrogen-bond donors (Lipinski definition) is 4. The number of carboxylic acid groups (broad SMARTS) is 3. The second kappa shape index (κ2) is 12.6. The van der Waals surface area contributed by atoms with E-state index in [1.807, 2.05) is 0 Å². The fourth-order valence-electron chi connectivity index (χ4n) is 3.52. The van der Waals surface area contributed by atoms with Crippen molar-refractivity contribution in [2.24, 2.45) is 5.16 Å². The van der Waals surface area contributed by atoms with Gasteiger partial charge in [-0.05, 0) is 13.7 Å². The number of anilines is 1. The molecule has 2 aromatic rings. The number of thiazole rings is 1. The third kappa shape index (κ3) is 6.55. The fraction of sp³-hybridized carbons (Fsp3) is 0.304. The molecule has 2 atom stereocenters. The number of nitrogens with zero attached hydrogens (tertiary/aromatic N) is 4. The molecule has 4 rings (SSSR count). The molecular formula is C23H24N6O9S2. The van der Waals surface area contributed by atoms with Crippen LogP contribution in [0.4, 0.5) is 5.13 Å². The van der Waals surface area contributed by atoms with Crippen molar-refractivity contribution >= 4 is 64.2 Å². The lowest BCUT2D eigenvalue weighted by atomic mass is 10.0. The van der Waals surface area contributed by atoms with Crippen molar-refractivity contribution in [2.75, 3.05) is 11.5 Å². The number of pyridine rings is 1. The average molecular weight is 599 g/mol. The van der Waals surface area contributed by atoms with Gasteiger partial charge in [-0.15, -0.1) is 23.1 Å². The van der Waals surface area contributed by atoms with Crippen LogP contribution in [-0.4, -0.2) is 78.8 Å². The van der Waals surface area contributed by atoms with Gasteiger partial charge in [-0.25, -0.2) is 14.3 Å². The standard InChI is InChI=1S/C22H22N6O7S2.CH2O2/c1-22(2,20(33)34)35-26-13(12-10-37-21(23)24-12)16(29)25-14-17(30)28-15(19(31)32)11(9-36-18(14)28)8-27-6-4-3-5-7-27;2-1-3/h3-7,10,14,18H,8-9H2,1-2H3,(H4-,23,24,25,29,31,32,33,34);1H,(H,2,3)/b26-13-;/t14-,18-;/m1./s1/i1D3,2D3;. The van der Waals surface area contributed by atoms with Crippen LogP contribution in [0.3, 0.4) is 0 Å². The summed E-state index contributed by atoms with van der Waals surface area (Å²) in [5.74, 6) is -5.88. The molecule has 15 nitrogen and oxygen atoms in total. The number of oxime groups is 1. The summed E-state index contributed by atoms with van der Waals surface area (Å²) in [6, 6.07) is 3.95. The highest BCUT2D eigenvalue weighted by Gasteiger charge is 2.53. The van der Waals surface area contributed by atoms with E-state index in [0.29, 0.717) is 5.57 Å². The normalized spacial score (nSPS) is 21.4. The number of thioether (sulfide) groups is 1. The first-order valence-corrected chi connectivity index (χ1v) is 12.8. The van der Waals surface area contributed by atoms with Crippen LogP contribution < -0.4 is 20.7 Å². The van der Waals surface area contributed by atoms with Crippen molar-refractivity contribution in [3.05, 3.63) is 52.9 Å². The third-order valence-corrected chi connectivity index (χ3v) is 7.25. The fourth-order valence-corrected chi connectivity index (χ4v) is 5.40. The molecule has 0 bridgehead atoms. The summed E-state index contributed by atoms with van der Waals surface area (Å²) in [6.45, 7) is -7.67. The monoisotopic (exact) mass is 598 g/mol. The summed E-state index contributed by atoms with van der Waals surface area (Å²) >= 11 is 1.97. The SMILES string of the molecule is O=CO.[2H]C([2H])([2H])C(O/N=C(\C(=O)N[C@@H]1C(=O)N2C(C(=O)[O-])=C(C[n+]3ccccc3)CS[C@H]12)c1csc(N)n1)(C(=O)O)C([2H])([2H])[2H]. The molecule has 1 saturated heterocycles. The van der Waals surface area contributed by atoms with E-state index in [1.165, 1.54) is 5.38 Å². The van der Waals surface area contributed by atoms with Crippen LogP contribution in [0, 0.1) is 0 Å². The number of carbonyl (C=O) groups is 5. The Kier molecular flexibility index (Phi) is 7.01. The van der Waals surface area contributed by atoms with Crippen LogP contribution >= 0.6 is 23.1 Å². The Morgan fingerprint density at radius 3 is 2.62 bits per heavy atom. The topological polar surface area (TPSA) is 229 Å². The lowest BCUT2D eigenvalue weighted by Gasteiger charge is -2.50. The second-order valence-electron chi connectivity index (χ2n) is 7.84. The van der Waals surface area contributed by atoms with Gasteiger partial charge in [-0.3, -0.25) is 19.3 Å². The van der Waals surface area contributed by atoms with E-state index in [1.54, 1.807) is 35.2 Å². The molecule has 0 unspecified atom stereocenters. The maximum absolute atomic E-state index is 13.3. The highest BCUT2D eigenvalue weighted by atomic mass is 32.2. The van der Waals surface area contributed by atoms with E-state index in [4.69, 9.17) is 23.9 Å². The van der Waals surface area contributed by atoms with Gasteiger partial charge in [0, 0.05) is 37.1 Å². The molecule has 4 heterocycles. The molecular weight excluding hydrogens is 568 g/mol. The van der Waals surface area contributed by atoms with Crippen LogP contribution in [0.15, 0.2) is 52.4 Å². The molecule has 2 aliphatic heterocycles. The summed E-state index contributed by atoms with van der Waals surface area (Å²) in [6.07, 6.45) is 3.42. The van der Waals surface area contributed by atoms with Crippen molar-refractivity contribution in [3.63, 3.8) is 0 Å². The zero-order chi connectivity index (χ0) is 34.6. The molecule has 2 amide bonds. The number of fused-ring (bicyclic) bond motifs is 1. The molecule has 2 aliphatic rings. The van der Waals surface area contributed by atoms with Crippen molar-refractivity contribution in [1.29, 1.82) is 0 Å². The van der Waals surface area contributed by atoms with Gasteiger partial charge in [0.2, 0.25) is 5.60 Å². The maximum atomic E-state index is 13.3. The largest absolute Gasteiger partial charge is 0.543 e. The highest BCUT2D eigenvalue weighted by molar-refractivity contribution is 8.00. The minimum Gasteiger partial charge on any atom is -0.543 e. The first-order chi connectivity index (χ1) is 21.4. The number of β-lactam (4-membered cyclic amide) rings is 1. The average Bonchev–Trinajstić information content (AvgIpc) is 3.38. The van der Waals surface area contributed by atoms with Gasteiger partial charge in [-0.2, -0.15) is 0 Å². The summed E-state index contributed by atoms with van der Waals surface area (Å²) in [5.41, 5.74) is 0.568. The number of nitrogens with two attached hydrogens (primary N) is 1. The Balaban J connectivity index is 0.00000185. The van der Waals surface area contributed by atoms with E-state index in [9.17, 15) is 29.4 Å². The second-order valence-corrected chi connectivity index (χ2v) is 9.84. The quantitative estimate of drug-likeness (QED) is 0.0841. The Morgan fingerprint density at radius 1 is 1.40 bits per heavy atom. The number of aromatic nitrogens is 2. The lowest BCUT2D eigenvalue weighted by Crippen LogP contribution is -2.71. The molecule has 40 heavy (non-hydrogen) atoms. The van der Waals surface area contributed by atoms with E-state index in [0.717, 1.165) is 28.0 Å². The summed E-state index contributed by atoms with van der Waals surface area (Å²) in [7, 11) is 0. The number of rotatable bonds is 9. The molecule has 0 saturated carbocycles. The molecule has 5 N–H and O–H groups in total. The van der Waals surface area contributed by atoms with E-state index < -0.39 is 60.2 Å². The molecule has 1 fully saturated rings. The van der Waals surface area contributed by atoms with Crippen LogP contribution in [-0.2, 0) is 35.4 Å². The first kappa shape index (κ1) is 22.3. The van der Waals surface area contributed by atoms with Gasteiger partial charge < -0.3 is 36.0 Å². The third-order valence-electron chi connectivity index (χ3n) is 5.23. The van der Waals surface area contributed by atoms with Crippen molar-refractivity contribution in [1.82, 2.24) is 15.2 Å². The van der Waals surface area contributed by atoms with Gasteiger partial charge in [0.05, 0.1) is 11.7 Å². The smallest absolute Gasteiger partial charge is 0.350 e. The molecule has 0 spiro atoms. The summed E-state index contributed by atoms with van der Waals surface area (Å²) in [5, 5.41) is 34.4. The zero-order valence-electron chi connectivity index (χ0n) is 26.0. The molecule has 17 heteroatoms. The van der Waals surface area contributed by atoms with E-state index in [-0.39, 0.29) is 35.3 Å². The van der Waals surface area contributed by atoms with Gasteiger partial charge in [0.1, 0.15) is 17.1 Å². The molecule has 212 valence electrons. The number of aliphatic carboxylic acids is 2. The summed E-state index contributed by atoms with van der Waals surface area (Å²) < 4.78 is 47.0. The minimum atomic E-state index is -3.88. The molecule has 0 aromatic carbocycles. The number of hydrogen-bond acceptors (Lipinski definition) is 12. The lowest BCUT2D eigenvalue weighted by molar-refractivity contribution is -0.689. The van der Waals surface area contributed by atoms with Crippen molar-refractivity contribution in [3.8, 4) is 0 Å².